The highest BCUT2D eigenvalue weighted by molar-refractivity contribution is 5.64. The van der Waals surface area contributed by atoms with E-state index in [1.165, 1.54) is 0 Å². The summed E-state index contributed by atoms with van der Waals surface area (Å²) in [6.07, 6.45) is 0.629. The van der Waals surface area contributed by atoms with Gasteiger partial charge in [0.15, 0.2) is 23.3 Å². The van der Waals surface area contributed by atoms with Crippen LogP contribution in [0.4, 0.5) is 0 Å². The van der Waals surface area contributed by atoms with E-state index in [1.54, 1.807) is 9.36 Å². The number of aromatic nitrogens is 14. The number of rotatable bonds is 14. The number of hydrogen-bond donors (Lipinski definition) is 2. The number of hydrogen-bond acceptors (Lipinski definition) is 12. The van der Waals surface area contributed by atoms with Crippen LogP contribution >= 0.6 is 0 Å². The fraction of sp³-hybridized carbons (Fsp3) is 0.143. The number of benzene rings is 4. The Morgan fingerprint density at radius 2 is 0.941 bits per heavy atom. The van der Waals surface area contributed by atoms with Crippen LogP contribution in [0.15, 0.2) is 109 Å². The molecule has 4 aromatic heterocycles. The normalized spacial score (nSPS) is 11.1. The van der Waals surface area contributed by atoms with Crippen LogP contribution < -0.4 is 9.47 Å². The fourth-order valence-electron chi connectivity index (χ4n) is 5.44. The first-order valence-corrected chi connectivity index (χ1v) is 16.2. The maximum absolute atomic E-state index is 6.17. The molecule has 0 fully saturated rings. The first-order valence-electron chi connectivity index (χ1n) is 16.2. The zero-order valence-corrected chi connectivity index (χ0v) is 27.1. The Morgan fingerprint density at radius 3 is 1.41 bits per heavy atom. The molecule has 0 aliphatic heterocycles. The van der Waals surface area contributed by atoms with Crippen LogP contribution in [0.1, 0.15) is 18.1 Å². The Morgan fingerprint density at radius 1 is 0.510 bits per heavy atom. The molecule has 252 valence electrons. The lowest BCUT2D eigenvalue weighted by atomic mass is 10.2. The predicted molar refractivity (Wildman–Crippen MR) is 184 cm³/mol. The van der Waals surface area contributed by atoms with Crippen molar-refractivity contribution in [3.05, 3.63) is 121 Å². The first-order chi connectivity index (χ1) is 25.3. The van der Waals surface area contributed by atoms with Gasteiger partial charge in [-0.25, -0.2) is 19.3 Å². The van der Waals surface area contributed by atoms with Gasteiger partial charge in [0.1, 0.15) is 36.2 Å². The van der Waals surface area contributed by atoms with Gasteiger partial charge in [-0.3, -0.25) is 10.2 Å². The van der Waals surface area contributed by atoms with Crippen molar-refractivity contribution in [3.8, 4) is 57.1 Å². The summed E-state index contributed by atoms with van der Waals surface area (Å²) in [5.74, 6) is 4.88. The van der Waals surface area contributed by atoms with E-state index in [4.69, 9.17) is 19.4 Å². The molecule has 0 spiro atoms. The molecule has 0 bridgehead atoms. The van der Waals surface area contributed by atoms with E-state index in [1.807, 2.05) is 109 Å². The second-order valence-corrected chi connectivity index (χ2v) is 11.3. The van der Waals surface area contributed by atoms with Crippen LogP contribution in [-0.4, -0.2) is 84.0 Å². The number of nitrogens with one attached hydrogen (secondary N) is 2. The number of H-pyrrole nitrogens is 2. The van der Waals surface area contributed by atoms with Crippen LogP contribution in [-0.2, 0) is 13.1 Å². The van der Waals surface area contributed by atoms with E-state index in [0.717, 1.165) is 22.3 Å². The molecule has 0 aliphatic carbocycles. The van der Waals surface area contributed by atoms with Crippen LogP contribution in [0.3, 0.4) is 0 Å². The third-order valence-electron chi connectivity index (χ3n) is 7.85. The van der Waals surface area contributed by atoms with Crippen molar-refractivity contribution < 1.29 is 9.47 Å². The van der Waals surface area contributed by atoms with Crippen LogP contribution in [0.25, 0.3) is 45.6 Å². The largest absolute Gasteiger partial charge is 0.493 e. The van der Waals surface area contributed by atoms with Gasteiger partial charge >= 0.3 is 0 Å². The summed E-state index contributed by atoms with van der Waals surface area (Å²) in [6, 6.07) is 34.8. The quantitative estimate of drug-likeness (QED) is 0.153. The molecule has 0 amide bonds. The van der Waals surface area contributed by atoms with Gasteiger partial charge in [0, 0.05) is 17.5 Å². The molecular weight excluding hydrogens is 648 g/mol. The Balaban J connectivity index is 0.871. The van der Waals surface area contributed by atoms with Crippen molar-refractivity contribution in [1.82, 2.24) is 70.8 Å². The van der Waals surface area contributed by atoms with Crippen molar-refractivity contribution in [1.29, 1.82) is 0 Å². The molecule has 16 nitrogen and oxygen atoms in total. The fourth-order valence-corrected chi connectivity index (χ4v) is 5.44. The molecular formula is C35H30N14O2. The molecule has 0 radical (unpaired) electrons. The lowest BCUT2D eigenvalue weighted by Gasteiger charge is -2.11. The molecule has 8 rings (SSSR count). The second-order valence-electron chi connectivity index (χ2n) is 11.3. The number of nitrogens with zero attached hydrogens (tertiary/aromatic N) is 12. The highest BCUT2D eigenvalue weighted by Gasteiger charge is 2.17. The summed E-state index contributed by atoms with van der Waals surface area (Å²) >= 11 is 0. The molecule has 4 aromatic carbocycles. The minimum atomic E-state index is 0.329. The number of para-hydroxylation sites is 2. The highest BCUT2D eigenvalue weighted by Crippen LogP contribution is 2.29. The van der Waals surface area contributed by atoms with E-state index in [9.17, 15) is 0 Å². The minimum absolute atomic E-state index is 0.329. The average Bonchev–Trinajstić information content (AvgIpc) is 4.02. The summed E-state index contributed by atoms with van der Waals surface area (Å²) in [5.41, 5.74) is 3.36. The van der Waals surface area contributed by atoms with E-state index < -0.39 is 0 Å². The second kappa shape index (κ2) is 14.6. The molecule has 2 N–H and O–H groups in total. The van der Waals surface area contributed by atoms with Crippen molar-refractivity contribution in [2.75, 3.05) is 13.2 Å². The van der Waals surface area contributed by atoms with Gasteiger partial charge in [0.05, 0.1) is 24.3 Å². The van der Waals surface area contributed by atoms with E-state index in [-0.39, 0.29) is 0 Å². The highest BCUT2D eigenvalue weighted by atomic mass is 16.5. The van der Waals surface area contributed by atoms with Crippen molar-refractivity contribution in [2.45, 2.75) is 19.5 Å². The molecule has 0 unspecified atom stereocenters. The zero-order valence-electron chi connectivity index (χ0n) is 27.1. The standard InChI is InChI=1S/C35H30N14O2/c1-3-12-24(13-4-1)34-42-44-46-48(34)22-30-36-32(40-38-30)26-16-7-9-18-28(26)50-20-11-21-51-29-19-10-8-17-27(29)33-37-31(39-41-33)23-49-35(43-45-47-49)25-14-5-2-6-15-25/h1-10,12-19H,11,20-23H2,(H,36,38,40)(H,37,39,41). The van der Waals surface area contributed by atoms with Crippen molar-refractivity contribution in [3.63, 3.8) is 0 Å². The molecule has 0 saturated carbocycles. The van der Waals surface area contributed by atoms with Gasteiger partial charge in [-0.2, -0.15) is 10.2 Å². The third-order valence-corrected chi connectivity index (χ3v) is 7.85. The van der Waals surface area contributed by atoms with Crippen molar-refractivity contribution >= 4 is 0 Å². The maximum Gasteiger partial charge on any atom is 0.184 e. The summed E-state index contributed by atoms with van der Waals surface area (Å²) in [5, 5.41) is 39.2. The van der Waals surface area contributed by atoms with Crippen LogP contribution in [0.2, 0.25) is 0 Å². The predicted octanol–water partition coefficient (Wildman–Crippen LogP) is 4.51. The van der Waals surface area contributed by atoms with Gasteiger partial charge in [-0.1, -0.05) is 84.9 Å². The Kier molecular flexibility index (Phi) is 8.91. The maximum atomic E-state index is 6.17. The molecule has 4 heterocycles. The average molecular weight is 679 g/mol. The summed E-state index contributed by atoms with van der Waals surface area (Å²) in [7, 11) is 0. The topological polar surface area (TPSA) is 189 Å². The van der Waals surface area contributed by atoms with Crippen LogP contribution in [0.5, 0.6) is 11.5 Å². The summed E-state index contributed by atoms with van der Waals surface area (Å²) in [4.78, 5) is 9.40. The first kappa shape index (κ1) is 31.2. The Labute approximate surface area is 290 Å². The lowest BCUT2D eigenvalue weighted by molar-refractivity contribution is 0.248. The summed E-state index contributed by atoms with van der Waals surface area (Å²) < 4.78 is 15.7. The van der Waals surface area contributed by atoms with Crippen LogP contribution in [0, 0.1) is 0 Å². The lowest BCUT2D eigenvalue weighted by Crippen LogP contribution is -2.07. The van der Waals surface area contributed by atoms with Gasteiger partial charge in [-0.15, -0.1) is 10.2 Å². The number of aromatic amines is 2. The van der Waals surface area contributed by atoms with Gasteiger partial charge in [-0.05, 0) is 45.1 Å². The van der Waals surface area contributed by atoms with Gasteiger partial charge < -0.3 is 9.47 Å². The minimum Gasteiger partial charge on any atom is -0.493 e. The monoisotopic (exact) mass is 678 g/mol. The zero-order chi connectivity index (χ0) is 34.2. The molecule has 0 atom stereocenters. The molecule has 51 heavy (non-hydrogen) atoms. The Hall–Kier alpha value is -7.10. The molecule has 16 heteroatoms. The smallest absolute Gasteiger partial charge is 0.184 e. The van der Waals surface area contributed by atoms with Crippen molar-refractivity contribution in [2.24, 2.45) is 0 Å². The Bertz CT molecular complexity index is 2170. The van der Waals surface area contributed by atoms with Gasteiger partial charge in [0.25, 0.3) is 0 Å². The molecule has 0 saturated heterocycles. The molecule has 8 aromatic rings. The summed E-state index contributed by atoms with van der Waals surface area (Å²) in [6.45, 7) is 1.50. The number of ether oxygens (including phenoxy) is 2. The van der Waals surface area contributed by atoms with E-state index in [0.29, 0.717) is 79.2 Å². The van der Waals surface area contributed by atoms with E-state index >= 15 is 0 Å². The van der Waals surface area contributed by atoms with Gasteiger partial charge in [0.2, 0.25) is 0 Å². The molecule has 0 aliphatic rings. The van der Waals surface area contributed by atoms with E-state index in [2.05, 4.69) is 51.4 Å². The third kappa shape index (κ3) is 7.05. The number of tetrazole rings is 2. The SMILES string of the molecule is c1ccc(-c2nnnn2Cc2nc(-c3ccccc3OCCCOc3ccccc3-c3n[nH]c(Cn4nnnc4-c4ccccc4)n3)n[nH]2)cc1.